The SMILES string of the molecule is CC(C)Oc1ccc(C(=O)Cc2ccsc2)cc1. The standard InChI is InChI=1S/C15H16O2S/c1-11(2)17-14-5-3-13(4-6-14)15(16)9-12-7-8-18-10-12/h3-8,10-11H,9H2,1-2H3. The highest BCUT2D eigenvalue weighted by Gasteiger charge is 2.07. The molecule has 1 heterocycles. The molecule has 2 aromatic rings. The van der Waals surface area contributed by atoms with Crippen LogP contribution in [0.3, 0.4) is 0 Å². The molecule has 1 aromatic carbocycles. The van der Waals surface area contributed by atoms with E-state index < -0.39 is 0 Å². The Labute approximate surface area is 111 Å². The van der Waals surface area contributed by atoms with Crippen molar-refractivity contribution in [3.05, 3.63) is 52.2 Å². The fourth-order valence-corrected chi connectivity index (χ4v) is 2.34. The van der Waals surface area contributed by atoms with E-state index in [2.05, 4.69) is 0 Å². The molecule has 0 N–H and O–H groups in total. The van der Waals surface area contributed by atoms with Gasteiger partial charge >= 0.3 is 0 Å². The highest BCUT2D eigenvalue weighted by Crippen LogP contribution is 2.16. The lowest BCUT2D eigenvalue weighted by Crippen LogP contribution is -2.06. The zero-order valence-electron chi connectivity index (χ0n) is 10.6. The van der Waals surface area contributed by atoms with Gasteiger partial charge in [0.15, 0.2) is 5.78 Å². The fourth-order valence-electron chi connectivity index (χ4n) is 1.67. The molecule has 1 aromatic heterocycles. The molecule has 0 fully saturated rings. The second-order valence-electron chi connectivity index (χ2n) is 4.42. The Hall–Kier alpha value is -1.61. The predicted octanol–water partition coefficient (Wildman–Crippen LogP) is 3.96. The van der Waals surface area contributed by atoms with Crippen molar-refractivity contribution in [2.24, 2.45) is 0 Å². The predicted molar refractivity (Wildman–Crippen MR) is 74.6 cm³/mol. The number of rotatable bonds is 5. The lowest BCUT2D eigenvalue weighted by molar-refractivity contribution is 0.0993. The summed E-state index contributed by atoms with van der Waals surface area (Å²) in [6.45, 7) is 3.96. The van der Waals surface area contributed by atoms with Crippen molar-refractivity contribution in [1.29, 1.82) is 0 Å². The number of thiophene rings is 1. The van der Waals surface area contributed by atoms with Gasteiger partial charge in [0.1, 0.15) is 5.75 Å². The molecule has 0 aliphatic heterocycles. The van der Waals surface area contributed by atoms with E-state index >= 15 is 0 Å². The maximum Gasteiger partial charge on any atom is 0.167 e. The van der Waals surface area contributed by atoms with Crippen LogP contribution in [0, 0.1) is 0 Å². The first-order chi connectivity index (χ1) is 8.65. The van der Waals surface area contributed by atoms with Crippen molar-refractivity contribution in [2.45, 2.75) is 26.4 Å². The Balaban J connectivity index is 2.03. The van der Waals surface area contributed by atoms with Crippen LogP contribution in [-0.4, -0.2) is 11.9 Å². The molecule has 0 atom stereocenters. The van der Waals surface area contributed by atoms with Gasteiger partial charge in [0.25, 0.3) is 0 Å². The number of benzene rings is 1. The topological polar surface area (TPSA) is 26.3 Å². The van der Waals surface area contributed by atoms with Crippen LogP contribution >= 0.6 is 11.3 Å². The van der Waals surface area contributed by atoms with Gasteiger partial charge < -0.3 is 4.74 Å². The molecule has 2 rings (SSSR count). The van der Waals surface area contributed by atoms with E-state index in [1.165, 1.54) is 0 Å². The maximum atomic E-state index is 12.0. The van der Waals surface area contributed by atoms with Gasteiger partial charge in [-0.2, -0.15) is 11.3 Å². The molecule has 0 bridgehead atoms. The van der Waals surface area contributed by atoms with E-state index in [-0.39, 0.29) is 11.9 Å². The van der Waals surface area contributed by atoms with Crippen molar-refractivity contribution >= 4 is 17.1 Å². The molecule has 94 valence electrons. The monoisotopic (exact) mass is 260 g/mol. The highest BCUT2D eigenvalue weighted by atomic mass is 32.1. The molecule has 0 spiro atoms. The van der Waals surface area contributed by atoms with Crippen LogP contribution in [0.25, 0.3) is 0 Å². The van der Waals surface area contributed by atoms with Crippen LogP contribution in [0.2, 0.25) is 0 Å². The van der Waals surface area contributed by atoms with E-state index in [1.54, 1.807) is 11.3 Å². The van der Waals surface area contributed by atoms with Gasteiger partial charge in [-0.3, -0.25) is 4.79 Å². The van der Waals surface area contributed by atoms with Crippen LogP contribution < -0.4 is 4.74 Å². The van der Waals surface area contributed by atoms with Crippen LogP contribution in [-0.2, 0) is 6.42 Å². The normalized spacial score (nSPS) is 10.6. The Bertz CT molecular complexity index is 498. The molecule has 0 saturated carbocycles. The molecule has 0 aliphatic carbocycles. The average molecular weight is 260 g/mol. The summed E-state index contributed by atoms with van der Waals surface area (Å²) in [5, 5.41) is 4.00. The fraction of sp³-hybridized carbons (Fsp3) is 0.267. The number of carbonyl (C=O) groups is 1. The van der Waals surface area contributed by atoms with Gasteiger partial charge in [-0.15, -0.1) is 0 Å². The number of Topliss-reactive ketones (excluding diaryl/α,β-unsaturated/α-hetero) is 1. The van der Waals surface area contributed by atoms with Crippen LogP contribution in [0.4, 0.5) is 0 Å². The summed E-state index contributed by atoms with van der Waals surface area (Å²) in [5.74, 6) is 0.946. The van der Waals surface area contributed by atoms with Gasteiger partial charge in [0.2, 0.25) is 0 Å². The summed E-state index contributed by atoms with van der Waals surface area (Å²) in [6.07, 6.45) is 0.616. The van der Waals surface area contributed by atoms with Crippen molar-refractivity contribution in [3.63, 3.8) is 0 Å². The number of hydrogen-bond donors (Lipinski definition) is 0. The second-order valence-corrected chi connectivity index (χ2v) is 5.20. The average Bonchev–Trinajstić information content (AvgIpc) is 2.82. The molecule has 0 amide bonds. The quantitative estimate of drug-likeness (QED) is 0.761. The molecule has 0 aliphatic rings. The lowest BCUT2D eigenvalue weighted by Gasteiger charge is -2.09. The van der Waals surface area contributed by atoms with Gasteiger partial charge in [-0.1, -0.05) is 0 Å². The summed E-state index contributed by atoms with van der Waals surface area (Å²) in [4.78, 5) is 12.0. The third-order valence-corrected chi connectivity index (χ3v) is 3.22. The highest BCUT2D eigenvalue weighted by molar-refractivity contribution is 7.08. The van der Waals surface area contributed by atoms with E-state index in [0.717, 1.165) is 16.9 Å². The summed E-state index contributed by atoms with van der Waals surface area (Å²) in [7, 11) is 0. The van der Waals surface area contributed by atoms with Gasteiger partial charge in [0, 0.05) is 12.0 Å². The Kier molecular flexibility index (Phi) is 4.15. The summed E-state index contributed by atoms with van der Waals surface area (Å²) in [6, 6.07) is 9.33. The largest absolute Gasteiger partial charge is 0.491 e. The first-order valence-electron chi connectivity index (χ1n) is 5.96. The van der Waals surface area contributed by atoms with Gasteiger partial charge in [-0.05, 0) is 60.5 Å². The van der Waals surface area contributed by atoms with Gasteiger partial charge in [0.05, 0.1) is 6.10 Å². The Morgan fingerprint density at radius 1 is 1.22 bits per heavy atom. The van der Waals surface area contributed by atoms with Crippen molar-refractivity contribution < 1.29 is 9.53 Å². The van der Waals surface area contributed by atoms with Crippen LogP contribution in [0.5, 0.6) is 5.75 Å². The first-order valence-corrected chi connectivity index (χ1v) is 6.90. The molecule has 0 unspecified atom stereocenters. The van der Waals surface area contributed by atoms with E-state index in [4.69, 9.17) is 4.74 Å². The van der Waals surface area contributed by atoms with Crippen molar-refractivity contribution in [2.75, 3.05) is 0 Å². The van der Waals surface area contributed by atoms with Gasteiger partial charge in [-0.25, -0.2) is 0 Å². The smallest absolute Gasteiger partial charge is 0.167 e. The maximum absolute atomic E-state index is 12.0. The summed E-state index contributed by atoms with van der Waals surface area (Å²) >= 11 is 1.61. The molecule has 3 heteroatoms. The van der Waals surface area contributed by atoms with E-state index in [0.29, 0.717) is 6.42 Å². The molecule has 0 saturated heterocycles. The second kappa shape index (κ2) is 5.83. The minimum Gasteiger partial charge on any atom is -0.491 e. The zero-order valence-corrected chi connectivity index (χ0v) is 11.4. The Morgan fingerprint density at radius 2 is 1.94 bits per heavy atom. The van der Waals surface area contributed by atoms with E-state index in [1.807, 2.05) is 54.9 Å². The zero-order chi connectivity index (χ0) is 13.0. The first kappa shape index (κ1) is 12.8. The lowest BCUT2D eigenvalue weighted by atomic mass is 10.1. The number of carbonyl (C=O) groups excluding carboxylic acids is 1. The number of hydrogen-bond acceptors (Lipinski definition) is 3. The summed E-state index contributed by atoms with van der Waals surface area (Å²) < 4.78 is 5.55. The molecule has 0 radical (unpaired) electrons. The molecule has 2 nitrogen and oxygen atoms in total. The van der Waals surface area contributed by atoms with Crippen molar-refractivity contribution in [3.8, 4) is 5.75 Å². The number of ether oxygens (including phenoxy) is 1. The molecule has 18 heavy (non-hydrogen) atoms. The van der Waals surface area contributed by atoms with E-state index in [9.17, 15) is 4.79 Å². The third kappa shape index (κ3) is 3.44. The Morgan fingerprint density at radius 3 is 2.50 bits per heavy atom. The third-order valence-electron chi connectivity index (χ3n) is 2.49. The molecular weight excluding hydrogens is 244 g/mol. The van der Waals surface area contributed by atoms with Crippen LogP contribution in [0.15, 0.2) is 41.1 Å². The number of ketones is 1. The molecular formula is C15H16O2S. The van der Waals surface area contributed by atoms with Crippen molar-refractivity contribution in [1.82, 2.24) is 0 Å². The minimum atomic E-state index is 0.143. The minimum absolute atomic E-state index is 0.143. The summed E-state index contributed by atoms with van der Waals surface area (Å²) in [5.41, 5.74) is 1.81. The van der Waals surface area contributed by atoms with Crippen LogP contribution in [0.1, 0.15) is 29.8 Å².